The minimum Gasteiger partial charge on any atom is -0.326 e. The smallest absolute Gasteiger partial charge is 0.326 e. The highest BCUT2D eigenvalue weighted by molar-refractivity contribution is 5.95. The molecule has 0 unspecified atom stereocenters. The van der Waals surface area contributed by atoms with Crippen LogP contribution < -0.4 is 10.2 Å². The maximum atomic E-state index is 12.5. The van der Waals surface area contributed by atoms with Gasteiger partial charge in [-0.25, -0.2) is 0 Å². The van der Waals surface area contributed by atoms with E-state index >= 15 is 0 Å². The fourth-order valence-corrected chi connectivity index (χ4v) is 2.85. The SMILES string of the molecule is O=C(Cc1ccc(N2CCCC2=O)cc1)Nc1ccc(C(F)(F)F)cc1. The molecule has 1 N–H and O–H groups in total. The molecule has 26 heavy (non-hydrogen) atoms. The lowest BCUT2D eigenvalue weighted by atomic mass is 10.1. The molecule has 4 nitrogen and oxygen atoms in total. The highest BCUT2D eigenvalue weighted by Crippen LogP contribution is 2.29. The number of anilines is 2. The maximum absolute atomic E-state index is 12.5. The van der Waals surface area contributed by atoms with Gasteiger partial charge in [0.25, 0.3) is 0 Å². The van der Waals surface area contributed by atoms with Crippen molar-refractivity contribution < 1.29 is 22.8 Å². The van der Waals surface area contributed by atoms with Gasteiger partial charge < -0.3 is 10.2 Å². The first-order chi connectivity index (χ1) is 12.3. The number of nitrogens with one attached hydrogen (secondary N) is 1. The van der Waals surface area contributed by atoms with Crippen LogP contribution in [-0.4, -0.2) is 18.4 Å². The van der Waals surface area contributed by atoms with Gasteiger partial charge in [-0.05, 0) is 48.4 Å². The van der Waals surface area contributed by atoms with Crippen molar-refractivity contribution in [3.8, 4) is 0 Å². The largest absolute Gasteiger partial charge is 0.416 e. The Morgan fingerprint density at radius 1 is 1.04 bits per heavy atom. The van der Waals surface area contributed by atoms with Crippen LogP contribution in [0.15, 0.2) is 48.5 Å². The van der Waals surface area contributed by atoms with Crippen molar-refractivity contribution in [1.29, 1.82) is 0 Å². The van der Waals surface area contributed by atoms with Gasteiger partial charge in [-0.15, -0.1) is 0 Å². The third kappa shape index (κ3) is 4.22. The summed E-state index contributed by atoms with van der Waals surface area (Å²) in [6, 6.07) is 11.4. The molecule has 7 heteroatoms. The van der Waals surface area contributed by atoms with Gasteiger partial charge in [0.2, 0.25) is 11.8 Å². The van der Waals surface area contributed by atoms with E-state index < -0.39 is 11.7 Å². The van der Waals surface area contributed by atoms with Crippen molar-refractivity contribution in [3.63, 3.8) is 0 Å². The summed E-state index contributed by atoms with van der Waals surface area (Å²) in [5, 5.41) is 2.58. The van der Waals surface area contributed by atoms with Gasteiger partial charge in [0.1, 0.15) is 0 Å². The molecule has 3 rings (SSSR count). The zero-order valence-electron chi connectivity index (χ0n) is 13.8. The summed E-state index contributed by atoms with van der Waals surface area (Å²) < 4.78 is 37.6. The average molecular weight is 362 g/mol. The second-order valence-electron chi connectivity index (χ2n) is 6.12. The van der Waals surface area contributed by atoms with Crippen LogP contribution in [0.5, 0.6) is 0 Å². The topological polar surface area (TPSA) is 49.4 Å². The van der Waals surface area contributed by atoms with Crippen LogP contribution in [0, 0.1) is 0 Å². The molecule has 1 heterocycles. The molecule has 0 saturated carbocycles. The predicted molar refractivity (Wildman–Crippen MR) is 91.8 cm³/mol. The normalized spacial score (nSPS) is 14.6. The molecule has 0 radical (unpaired) electrons. The lowest BCUT2D eigenvalue weighted by Gasteiger charge is -2.16. The van der Waals surface area contributed by atoms with Crippen molar-refractivity contribution >= 4 is 23.2 Å². The van der Waals surface area contributed by atoms with E-state index in [1.54, 1.807) is 29.2 Å². The van der Waals surface area contributed by atoms with Gasteiger partial charge in [0.05, 0.1) is 12.0 Å². The van der Waals surface area contributed by atoms with Crippen molar-refractivity contribution in [1.82, 2.24) is 0 Å². The number of alkyl halides is 3. The maximum Gasteiger partial charge on any atom is 0.416 e. The first kappa shape index (κ1) is 18.0. The number of hydrogen-bond donors (Lipinski definition) is 1. The summed E-state index contributed by atoms with van der Waals surface area (Å²) >= 11 is 0. The van der Waals surface area contributed by atoms with Gasteiger partial charge in [-0.2, -0.15) is 13.2 Å². The molecule has 0 aromatic heterocycles. The summed E-state index contributed by atoms with van der Waals surface area (Å²) in [5.41, 5.74) is 1.11. The predicted octanol–water partition coefficient (Wildman–Crippen LogP) is 4.01. The molecule has 0 spiro atoms. The van der Waals surface area contributed by atoms with Crippen LogP contribution in [0.25, 0.3) is 0 Å². The van der Waals surface area contributed by atoms with Gasteiger partial charge in [-0.1, -0.05) is 12.1 Å². The van der Waals surface area contributed by atoms with E-state index in [1.807, 2.05) is 0 Å². The molecule has 0 aliphatic carbocycles. The summed E-state index contributed by atoms with van der Waals surface area (Å²) in [7, 11) is 0. The molecule has 2 amide bonds. The molecular weight excluding hydrogens is 345 g/mol. The molecule has 1 saturated heterocycles. The highest BCUT2D eigenvalue weighted by atomic mass is 19.4. The first-order valence-electron chi connectivity index (χ1n) is 8.19. The molecule has 1 aliphatic heterocycles. The fraction of sp³-hybridized carbons (Fsp3) is 0.263. The van der Waals surface area contributed by atoms with Crippen LogP contribution in [-0.2, 0) is 22.2 Å². The lowest BCUT2D eigenvalue weighted by Crippen LogP contribution is -2.23. The van der Waals surface area contributed by atoms with E-state index in [-0.39, 0.29) is 18.2 Å². The van der Waals surface area contributed by atoms with Crippen molar-refractivity contribution in [3.05, 3.63) is 59.7 Å². The summed E-state index contributed by atoms with van der Waals surface area (Å²) in [4.78, 5) is 25.5. The van der Waals surface area contributed by atoms with Crippen molar-refractivity contribution in [2.75, 3.05) is 16.8 Å². The van der Waals surface area contributed by atoms with Crippen LogP contribution in [0.3, 0.4) is 0 Å². The van der Waals surface area contributed by atoms with Gasteiger partial charge in [0, 0.05) is 24.3 Å². The molecule has 136 valence electrons. The summed E-state index contributed by atoms with van der Waals surface area (Å²) in [6.07, 6.45) is -2.91. The Hall–Kier alpha value is -2.83. The number of hydrogen-bond acceptors (Lipinski definition) is 2. The Bertz CT molecular complexity index is 799. The summed E-state index contributed by atoms with van der Waals surface area (Å²) in [5.74, 6) is -0.229. The Morgan fingerprint density at radius 2 is 1.69 bits per heavy atom. The highest BCUT2D eigenvalue weighted by Gasteiger charge is 2.30. The third-order valence-electron chi connectivity index (χ3n) is 4.18. The molecule has 1 aliphatic rings. The molecule has 0 bridgehead atoms. The molecule has 2 aromatic carbocycles. The fourth-order valence-electron chi connectivity index (χ4n) is 2.85. The Balaban J connectivity index is 1.58. The second kappa shape index (κ2) is 7.19. The number of nitrogens with zero attached hydrogens (tertiary/aromatic N) is 1. The zero-order valence-corrected chi connectivity index (χ0v) is 13.8. The standard InChI is InChI=1S/C19H17F3N2O2/c20-19(21,22)14-5-7-15(8-6-14)23-17(25)12-13-3-9-16(10-4-13)24-11-1-2-18(24)26/h3-10H,1-2,11-12H2,(H,23,25). The number of carbonyl (C=O) groups is 2. The quantitative estimate of drug-likeness (QED) is 0.893. The number of benzene rings is 2. The van der Waals surface area contributed by atoms with E-state index in [0.29, 0.717) is 18.7 Å². The number of halogens is 3. The number of rotatable bonds is 4. The van der Waals surface area contributed by atoms with E-state index in [4.69, 9.17) is 0 Å². The number of amides is 2. The first-order valence-corrected chi connectivity index (χ1v) is 8.19. The van der Waals surface area contributed by atoms with Crippen LogP contribution in [0.4, 0.5) is 24.5 Å². The van der Waals surface area contributed by atoms with Crippen LogP contribution >= 0.6 is 0 Å². The van der Waals surface area contributed by atoms with E-state index in [2.05, 4.69) is 5.32 Å². The van der Waals surface area contributed by atoms with Crippen molar-refractivity contribution in [2.45, 2.75) is 25.4 Å². The van der Waals surface area contributed by atoms with Crippen LogP contribution in [0.2, 0.25) is 0 Å². The second-order valence-corrected chi connectivity index (χ2v) is 6.12. The Kier molecular flexibility index (Phi) is 4.97. The van der Waals surface area contributed by atoms with Crippen LogP contribution in [0.1, 0.15) is 24.0 Å². The molecule has 2 aromatic rings. The Labute approximate surface area is 148 Å². The van der Waals surface area contributed by atoms with Gasteiger partial charge >= 0.3 is 6.18 Å². The van der Waals surface area contributed by atoms with Gasteiger partial charge in [-0.3, -0.25) is 9.59 Å². The summed E-state index contributed by atoms with van der Waals surface area (Å²) in [6.45, 7) is 0.701. The Morgan fingerprint density at radius 3 is 2.23 bits per heavy atom. The average Bonchev–Trinajstić information content (AvgIpc) is 3.01. The monoisotopic (exact) mass is 362 g/mol. The van der Waals surface area contributed by atoms with E-state index in [0.717, 1.165) is 29.8 Å². The third-order valence-corrected chi connectivity index (χ3v) is 4.18. The lowest BCUT2D eigenvalue weighted by molar-refractivity contribution is -0.137. The minimum atomic E-state index is -4.40. The van der Waals surface area contributed by atoms with E-state index in [1.165, 1.54) is 12.1 Å². The molecular formula is C19H17F3N2O2. The molecule has 0 atom stereocenters. The molecule has 1 fully saturated rings. The van der Waals surface area contributed by atoms with Gasteiger partial charge in [0.15, 0.2) is 0 Å². The van der Waals surface area contributed by atoms with E-state index in [9.17, 15) is 22.8 Å². The van der Waals surface area contributed by atoms with Crippen molar-refractivity contribution in [2.24, 2.45) is 0 Å². The minimum absolute atomic E-state index is 0.0925. The zero-order chi connectivity index (χ0) is 18.7. The number of carbonyl (C=O) groups excluding carboxylic acids is 2.